The molecule has 0 unspecified atom stereocenters. The Kier molecular flexibility index (Phi) is 5.55. The fourth-order valence-electron chi connectivity index (χ4n) is 3.64. The van der Waals surface area contributed by atoms with Crippen LogP contribution < -0.4 is 0 Å². The molecule has 0 amide bonds. The van der Waals surface area contributed by atoms with Gasteiger partial charge in [0.05, 0.1) is 0 Å². The van der Waals surface area contributed by atoms with Gasteiger partial charge in [-0.05, 0) is 42.2 Å². The van der Waals surface area contributed by atoms with Crippen LogP contribution in [0.25, 0.3) is 39.5 Å². The summed E-state index contributed by atoms with van der Waals surface area (Å²) in [5, 5.41) is 0. The highest BCUT2D eigenvalue weighted by Crippen LogP contribution is 2.29. The Morgan fingerprint density at radius 2 is 1.23 bits per heavy atom. The van der Waals surface area contributed by atoms with Crippen molar-refractivity contribution < 1.29 is 0 Å². The number of benzene rings is 3. The zero-order valence-electron chi connectivity index (χ0n) is 16.9. The van der Waals surface area contributed by atoms with Crippen LogP contribution in [0.4, 0.5) is 0 Å². The predicted molar refractivity (Wildman–Crippen MR) is 130 cm³/mol. The summed E-state index contributed by atoms with van der Waals surface area (Å²) in [6, 6.07) is 26.7. The minimum atomic E-state index is 0.681. The van der Waals surface area contributed by atoms with Gasteiger partial charge < -0.3 is 0 Å². The van der Waals surface area contributed by atoms with E-state index in [9.17, 15) is 0 Å². The van der Waals surface area contributed by atoms with Crippen molar-refractivity contribution in [1.29, 1.82) is 0 Å². The zero-order chi connectivity index (χ0) is 21.0. The number of hydrogen-bond donors (Lipinski definition) is 0. The third kappa shape index (κ3) is 4.39. The van der Waals surface area contributed by atoms with E-state index in [2.05, 4.69) is 70.6 Å². The molecule has 0 fully saturated rings. The molecule has 0 radical (unpaired) electrons. The number of hydrogen-bond acceptors (Lipinski definition) is 3. The molecule has 150 valence electrons. The molecule has 0 atom stereocenters. The van der Waals surface area contributed by atoms with Crippen LogP contribution in [0.1, 0.15) is 18.7 Å². The molecule has 0 spiro atoms. The van der Waals surface area contributed by atoms with E-state index in [-0.39, 0.29) is 0 Å². The lowest BCUT2D eigenvalue weighted by atomic mass is 10.0. The van der Waals surface area contributed by atoms with E-state index in [1.165, 1.54) is 0 Å². The van der Waals surface area contributed by atoms with Gasteiger partial charge in [-0.3, -0.25) is 0 Å². The molecule has 1 heterocycles. The molecule has 1 aliphatic rings. The maximum absolute atomic E-state index is 4.85. The number of rotatable bonds is 4. The number of aromatic nitrogens is 3. The third-order valence-corrected chi connectivity index (χ3v) is 5.69. The molecule has 3 nitrogen and oxygen atoms in total. The van der Waals surface area contributed by atoms with Gasteiger partial charge in [0.2, 0.25) is 0 Å². The highest BCUT2D eigenvalue weighted by atomic mass is 79.9. The van der Waals surface area contributed by atoms with Crippen LogP contribution in [0.15, 0.2) is 102 Å². The van der Waals surface area contributed by atoms with Crippen LogP contribution in [0.3, 0.4) is 0 Å². The molecule has 1 aromatic heterocycles. The second-order valence-corrected chi connectivity index (χ2v) is 8.32. The summed E-state index contributed by atoms with van der Waals surface area (Å²) < 4.78 is 1.06. The van der Waals surface area contributed by atoms with E-state index in [0.717, 1.165) is 45.1 Å². The molecule has 4 heteroatoms. The van der Waals surface area contributed by atoms with Crippen molar-refractivity contribution in [2.45, 2.75) is 12.8 Å². The van der Waals surface area contributed by atoms with E-state index >= 15 is 0 Å². The summed E-state index contributed by atoms with van der Waals surface area (Å²) in [4.78, 5) is 14.5. The van der Waals surface area contributed by atoms with Crippen molar-refractivity contribution in [2.75, 3.05) is 0 Å². The second-order valence-electron chi connectivity index (χ2n) is 7.40. The standard InChI is InChI=1S/C27H20BrN3/c28-24-16-8-14-22(18-24)21-13-7-15-23(17-21)27-30-25(19-9-3-1-4-10-19)29-26(31-27)20-11-5-2-6-12-20/h1,3-5,7-18H,2,6H2. The monoisotopic (exact) mass is 465 g/mol. The Bertz CT molecular complexity index is 1290. The van der Waals surface area contributed by atoms with Gasteiger partial charge in [0.1, 0.15) is 0 Å². The Morgan fingerprint density at radius 3 is 1.97 bits per heavy atom. The van der Waals surface area contributed by atoms with Crippen molar-refractivity contribution >= 4 is 21.5 Å². The van der Waals surface area contributed by atoms with Gasteiger partial charge in [0, 0.05) is 21.2 Å². The maximum Gasteiger partial charge on any atom is 0.164 e. The Morgan fingerprint density at radius 1 is 0.581 bits per heavy atom. The number of nitrogens with zero attached hydrogens (tertiary/aromatic N) is 3. The zero-order valence-corrected chi connectivity index (χ0v) is 18.5. The molecule has 0 saturated carbocycles. The first-order chi connectivity index (χ1) is 15.3. The Balaban J connectivity index is 1.64. The first-order valence-electron chi connectivity index (χ1n) is 10.3. The minimum Gasteiger partial charge on any atom is -0.208 e. The molecule has 0 bridgehead atoms. The van der Waals surface area contributed by atoms with Gasteiger partial charge >= 0.3 is 0 Å². The van der Waals surface area contributed by atoms with Gasteiger partial charge in [-0.25, -0.2) is 15.0 Å². The summed E-state index contributed by atoms with van der Waals surface area (Å²) in [5.74, 6) is 2.08. The van der Waals surface area contributed by atoms with Crippen molar-refractivity contribution in [2.24, 2.45) is 0 Å². The van der Waals surface area contributed by atoms with E-state index in [1.54, 1.807) is 0 Å². The van der Waals surface area contributed by atoms with Crippen molar-refractivity contribution in [3.8, 4) is 33.9 Å². The fraction of sp³-hybridized carbons (Fsp3) is 0.0741. The molecule has 3 aromatic carbocycles. The highest BCUT2D eigenvalue weighted by Gasteiger charge is 2.14. The van der Waals surface area contributed by atoms with Crippen LogP contribution in [-0.4, -0.2) is 15.0 Å². The lowest BCUT2D eigenvalue weighted by Gasteiger charge is -2.11. The summed E-state index contributed by atoms with van der Waals surface area (Å²) in [7, 11) is 0. The average molecular weight is 466 g/mol. The van der Waals surface area contributed by atoms with E-state index in [1.807, 2.05) is 42.5 Å². The fourth-order valence-corrected chi connectivity index (χ4v) is 4.03. The SMILES string of the molecule is Brc1cccc(-c2cccc(-c3nc(C4=CCCC=C4)nc(-c4ccccc4)n3)c2)c1. The lowest BCUT2D eigenvalue weighted by molar-refractivity contribution is 1.01. The smallest absolute Gasteiger partial charge is 0.164 e. The van der Waals surface area contributed by atoms with Crippen LogP contribution in [0.2, 0.25) is 0 Å². The van der Waals surface area contributed by atoms with Crippen LogP contribution in [0.5, 0.6) is 0 Å². The quantitative estimate of drug-likeness (QED) is 0.315. The molecular formula is C27H20BrN3. The van der Waals surface area contributed by atoms with Gasteiger partial charge in [0.15, 0.2) is 17.5 Å². The second kappa shape index (κ2) is 8.78. The molecule has 5 rings (SSSR count). The Hall–Kier alpha value is -3.37. The molecule has 0 saturated heterocycles. The summed E-state index contributed by atoms with van der Waals surface area (Å²) >= 11 is 3.57. The van der Waals surface area contributed by atoms with Crippen LogP contribution in [0, 0.1) is 0 Å². The van der Waals surface area contributed by atoms with Gasteiger partial charge in [-0.2, -0.15) is 0 Å². The van der Waals surface area contributed by atoms with Crippen molar-refractivity contribution in [3.63, 3.8) is 0 Å². The van der Waals surface area contributed by atoms with Crippen LogP contribution in [-0.2, 0) is 0 Å². The molecule has 0 aliphatic heterocycles. The Labute approximate surface area is 190 Å². The number of allylic oxidation sites excluding steroid dienone is 4. The molecule has 4 aromatic rings. The van der Waals surface area contributed by atoms with E-state index in [4.69, 9.17) is 15.0 Å². The van der Waals surface area contributed by atoms with Gasteiger partial charge in [-0.1, -0.05) is 94.8 Å². The normalized spacial score (nSPS) is 13.1. The minimum absolute atomic E-state index is 0.681. The predicted octanol–water partition coefficient (Wildman–Crippen LogP) is 7.37. The van der Waals surface area contributed by atoms with Crippen molar-refractivity contribution in [3.05, 3.63) is 107 Å². The van der Waals surface area contributed by atoms with Gasteiger partial charge in [0.25, 0.3) is 0 Å². The first kappa shape index (κ1) is 19.6. The first-order valence-corrected chi connectivity index (χ1v) is 11.1. The van der Waals surface area contributed by atoms with Crippen LogP contribution >= 0.6 is 15.9 Å². The molecular weight excluding hydrogens is 446 g/mol. The van der Waals surface area contributed by atoms with Gasteiger partial charge in [-0.15, -0.1) is 0 Å². The summed E-state index contributed by atoms with van der Waals surface area (Å²) in [5.41, 5.74) is 5.27. The number of halogens is 1. The lowest BCUT2D eigenvalue weighted by Crippen LogP contribution is -2.03. The average Bonchev–Trinajstić information content (AvgIpc) is 2.85. The molecule has 31 heavy (non-hydrogen) atoms. The van der Waals surface area contributed by atoms with E-state index < -0.39 is 0 Å². The largest absolute Gasteiger partial charge is 0.208 e. The molecule has 1 aliphatic carbocycles. The summed E-state index contributed by atoms with van der Waals surface area (Å²) in [6.45, 7) is 0. The highest BCUT2D eigenvalue weighted by molar-refractivity contribution is 9.10. The topological polar surface area (TPSA) is 38.7 Å². The van der Waals surface area contributed by atoms with Crippen molar-refractivity contribution in [1.82, 2.24) is 15.0 Å². The van der Waals surface area contributed by atoms with E-state index in [0.29, 0.717) is 17.5 Å². The molecule has 0 N–H and O–H groups in total. The third-order valence-electron chi connectivity index (χ3n) is 5.20. The maximum atomic E-state index is 4.85. The summed E-state index contributed by atoms with van der Waals surface area (Å²) in [6.07, 6.45) is 8.55.